The van der Waals surface area contributed by atoms with Gasteiger partial charge in [-0.3, -0.25) is 9.59 Å². The number of benzene rings is 1. The van der Waals surface area contributed by atoms with Crippen molar-refractivity contribution in [2.75, 3.05) is 12.4 Å². The van der Waals surface area contributed by atoms with E-state index < -0.39 is 11.5 Å². The molecule has 0 aliphatic carbocycles. The Morgan fingerprint density at radius 2 is 2.16 bits per heavy atom. The third kappa shape index (κ3) is 4.48. The molecule has 1 aromatic heterocycles. The number of nitrogens with zero attached hydrogens (tertiary/aromatic N) is 2. The SMILES string of the molecule is COCc1cc(C)n(CC(=O)Nc2ccc(Br)cc2Cl)c(=O)c1C#N. The van der Waals surface area contributed by atoms with Crippen LogP contribution in [-0.4, -0.2) is 17.6 Å². The van der Waals surface area contributed by atoms with Gasteiger partial charge in [-0.25, -0.2) is 0 Å². The quantitative estimate of drug-likeness (QED) is 0.798. The van der Waals surface area contributed by atoms with E-state index in [4.69, 9.17) is 16.3 Å². The zero-order valence-electron chi connectivity index (χ0n) is 13.6. The predicted octanol–water partition coefficient (Wildman–Crippen LogP) is 3.23. The largest absolute Gasteiger partial charge is 0.380 e. The van der Waals surface area contributed by atoms with Crippen molar-refractivity contribution in [2.24, 2.45) is 0 Å². The second-order valence-corrected chi connectivity index (χ2v) is 6.62. The van der Waals surface area contributed by atoms with Crippen LogP contribution in [0.2, 0.25) is 5.02 Å². The molecule has 1 amide bonds. The smallest absolute Gasteiger partial charge is 0.269 e. The Morgan fingerprint density at radius 3 is 2.76 bits per heavy atom. The monoisotopic (exact) mass is 423 g/mol. The summed E-state index contributed by atoms with van der Waals surface area (Å²) in [5, 5.41) is 12.3. The van der Waals surface area contributed by atoms with Crippen LogP contribution < -0.4 is 10.9 Å². The molecule has 130 valence electrons. The number of anilines is 1. The fourth-order valence-corrected chi connectivity index (χ4v) is 3.07. The fourth-order valence-electron chi connectivity index (χ4n) is 2.34. The highest BCUT2D eigenvalue weighted by atomic mass is 79.9. The first-order valence-corrected chi connectivity index (χ1v) is 8.41. The molecule has 0 fully saturated rings. The van der Waals surface area contributed by atoms with Gasteiger partial charge in [0.15, 0.2) is 0 Å². The average Bonchev–Trinajstić information content (AvgIpc) is 2.54. The Labute approximate surface area is 158 Å². The summed E-state index contributed by atoms with van der Waals surface area (Å²) in [7, 11) is 1.48. The first kappa shape index (κ1) is 19.2. The molecule has 0 aliphatic heterocycles. The van der Waals surface area contributed by atoms with E-state index in [0.29, 0.717) is 22.0 Å². The number of carbonyl (C=O) groups excluding carboxylic acids is 1. The topological polar surface area (TPSA) is 84.1 Å². The molecule has 25 heavy (non-hydrogen) atoms. The van der Waals surface area contributed by atoms with E-state index in [1.165, 1.54) is 11.7 Å². The van der Waals surface area contributed by atoms with Crippen molar-refractivity contribution >= 4 is 39.1 Å². The van der Waals surface area contributed by atoms with Gasteiger partial charge in [0, 0.05) is 22.8 Å². The van der Waals surface area contributed by atoms with Gasteiger partial charge in [0.25, 0.3) is 5.56 Å². The number of hydrogen-bond donors (Lipinski definition) is 1. The van der Waals surface area contributed by atoms with E-state index in [9.17, 15) is 14.9 Å². The zero-order valence-corrected chi connectivity index (χ0v) is 15.9. The lowest BCUT2D eigenvalue weighted by Gasteiger charge is -2.14. The van der Waals surface area contributed by atoms with Gasteiger partial charge >= 0.3 is 0 Å². The van der Waals surface area contributed by atoms with E-state index in [2.05, 4.69) is 21.2 Å². The van der Waals surface area contributed by atoms with Crippen LogP contribution in [0.4, 0.5) is 5.69 Å². The van der Waals surface area contributed by atoms with Crippen molar-refractivity contribution < 1.29 is 9.53 Å². The van der Waals surface area contributed by atoms with E-state index in [1.807, 2.05) is 6.07 Å². The van der Waals surface area contributed by atoms with Crippen LogP contribution in [-0.2, 0) is 22.7 Å². The van der Waals surface area contributed by atoms with Crippen molar-refractivity contribution in [1.29, 1.82) is 5.26 Å². The van der Waals surface area contributed by atoms with Gasteiger partial charge < -0.3 is 14.6 Å². The van der Waals surface area contributed by atoms with Gasteiger partial charge in [-0.1, -0.05) is 27.5 Å². The number of pyridine rings is 1. The molecular formula is C17H15BrClN3O3. The number of amides is 1. The molecule has 0 saturated heterocycles. The minimum atomic E-state index is -0.522. The molecule has 0 bridgehead atoms. The van der Waals surface area contributed by atoms with Gasteiger partial charge in [0.2, 0.25) is 5.91 Å². The van der Waals surface area contributed by atoms with Crippen LogP contribution in [0.15, 0.2) is 33.5 Å². The molecule has 0 radical (unpaired) electrons. The summed E-state index contributed by atoms with van der Waals surface area (Å²) in [5.74, 6) is -0.419. The molecule has 0 spiro atoms. The number of halogens is 2. The molecule has 0 atom stereocenters. The van der Waals surface area contributed by atoms with Gasteiger partial charge in [0.05, 0.1) is 17.3 Å². The fraction of sp³-hybridized carbons (Fsp3) is 0.235. The maximum atomic E-state index is 12.5. The number of ether oxygens (including phenoxy) is 1. The molecule has 0 unspecified atom stereocenters. The Hall–Kier alpha value is -2.14. The van der Waals surface area contributed by atoms with Crippen molar-refractivity contribution in [3.8, 4) is 6.07 Å². The molecule has 0 saturated carbocycles. The van der Waals surface area contributed by atoms with E-state index in [0.717, 1.165) is 4.47 Å². The molecule has 1 N–H and O–H groups in total. The van der Waals surface area contributed by atoms with Crippen molar-refractivity contribution in [2.45, 2.75) is 20.1 Å². The highest BCUT2D eigenvalue weighted by Gasteiger charge is 2.15. The Kier molecular flexibility index (Phi) is 6.37. The van der Waals surface area contributed by atoms with Gasteiger partial charge in [0.1, 0.15) is 18.2 Å². The number of carbonyl (C=O) groups is 1. The van der Waals surface area contributed by atoms with Crippen LogP contribution in [0, 0.1) is 18.3 Å². The first-order valence-electron chi connectivity index (χ1n) is 7.24. The predicted molar refractivity (Wildman–Crippen MR) is 98.6 cm³/mol. The molecule has 8 heteroatoms. The third-order valence-corrected chi connectivity index (χ3v) is 4.31. The maximum Gasteiger partial charge on any atom is 0.269 e. The van der Waals surface area contributed by atoms with E-state index in [-0.39, 0.29) is 18.7 Å². The summed E-state index contributed by atoms with van der Waals surface area (Å²) in [5.41, 5.74) is 0.957. The summed E-state index contributed by atoms with van der Waals surface area (Å²) in [6, 6.07) is 8.61. The Balaban J connectivity index is 2.29. The van der Waals surface area contributed by atoms with Crippen molar-refractivity contribution in [1.82, 2.24) is 4.57 Å². The number of aromatic nitrogens is 1. The molecule has 2 aromatic rings. The summed E-state index contributed by atoms with van der Waals surface area (Å²) >= 11 is 9.36. The molecule has 0 aliphatic rings. The number of nitriles is 1. The van der Waals surface area contributed by atoms with E-state index >= 15 is 0 Å². The summed E-state index contributed by atoms with van der Waals surface area (Å²) in [4.78, 5) is 24.8. The van der Waals surface area contributed by atoms with Gasteiger partial charge in [-0.05, 0) is 31.2 Å². The van der Waals surface area contributed by atoms with Crippen LogP contribution in [0.1, 0.15) is 16.8 Å². The van der Waals surface area contributed by atoms with Crippen molar-refractivity contribution in [3.63, 3.8) is 0 Å². The Bertz CT molecular complexity index is 919. The summed E-state index contributed by atoms with van der Waals surface area (Å²) in [6.45, 7) is 1.63. The maximum absolute atomic E-state index is 12.5. The van der Waals surface area contributed by atoms with Crippen LogP contribution in [0.25, 0.3) is 0 Å². The highest BCUT2D eigenvalue weighted by Crippen LogP contribution is 2.25. The standard InChI is InChI=1S/C17H15BrClN3O3/c1-10-5-11(9-25-2)13(7-20)17(24)22(10)8-16(23)21-15-4-3-12(18)6-14(15)19/h3-6H,8-9H2,1-2H3,(H,21,23). The van der Waals surface area contributed by atoms with Crippen LogP contribution in [0.3, 0.4) is 0 Å². The number of nitrogens with one attached hydrogen (secondary N) is 1. The lowest BCUT2D eigenvalue weighted by molar-refractivity contribution is -0.116. The minimum absolute atomic E-state index is 0.0260. The lowest BCUT2D eigenvalue weighted by atomic mass is 10.1. The third-order valence-electron chi connectivity index (χ3n) is 3.51. The normalized spacial score (nSPS) is 10.4. The van der Waals surface area contributed by atoms with Gasteiger partial charge in [-0.2, -0.15) is 5.26 Å². The Morgan fingerprint density at radius 1 is 1.44 bits per heavy atom. The average molecular weight is 425 g/mol. The summed E-state index contributed by atoms with van der Waals surface area (Å²) in [6.07, 6.45) is 0. The minimum Gasteiger partial charge on any atom is -0.380 e. The second kappa shape index (κ2) is 8.30. The lowest BCUT2D eigenvalue weighted by Crippen LogP contribution is -2.31. The number of methoxy groups -OCH3 is 1. The summed E-state index contributed by atoms with van der Waals surface area (Å²) < 4.78 is 7.04. The van der Waals surface area contributed by atoms with Crippen molar-refractivity contribution in [3.05, 3.63) is 60.9 Å². The van der Waals surface area contributed by atoms with Gasteiger partial charge in [-0.15, -0.1) is 0 Å². The first-order chi connectivity index (χ1) is 11.9. The second-order valence-electron chi connectivity index (χ2n) is 5.29. The van der Waals surface area contributed by atoms with E-state index in [1.54, 1.807) is 31.2 Å². The number of rotatable bonds is 5. The number of aryl methyl sites for hydroxylation is 1. The highest BCUT2D eigenvalue weighted by molar-refractivity contribution is 9.10. The zero-order chi connectivity index (χ0) is 18.6. The van der Waals surface area contributed by atoms with Crippen LogP contribution >= 0.6 is 27.5 Å². The molecular weight excluding hydrogens is 410 g/mol. The molecule has 2 rings (SSSR count). The number of hydrogen-bond acceptors (Lipinski definition) is 4. The molecule has 1 aromatic carbocycles. The molecule has 6 nitrogen and oxygen atoms in total. The van der Waals surface area contributed by atoms with Crippen LogP contribution in [0.5, 0.6) is 0 Å². The molecule has 1 heterocycles.